The van der Waals surface area contributed by atoms with Gasteiger partial charge in [0.15, 0.2) is 0 Å². The fraction of sp³-hybridized carbons (Fsp3) is 0.0769. The van der Waals surface area contributed by atoms with Gasteiger partial charge in [0.05, 0.1) is 11.9 Å². The molecule has 3 nitrogen and oxygen atoms in total. The van der Waals surface area contributed by atoms with Gasteiger partial charge in [0.2, 0.25) is 0 Å². The highest BCUT2D eigenvalue weighted by Crippen LogP contribution is 2.18. The Morgan fingerprint density at radius 2 is 2.06 bits per heavy atom. The van der Waals surface area contributed by atoms with Gasteiger partial charge in [-0.3, -0.25) is 0 Å². The summed E-state index contributed by atoms with van der Waals surface area (Å²) in [4.78, 5) is 3.92. The first kappa shape index (κ1) is 11.1. The van der Waals surface area contributed by atoms with E-state index in [1.807, 2.05) is 19.1 Å². The second-order valence-electron chi connectivity index (χ2n) is 3.69. The van der Waals surface area contributed by atoms with E-state index in [0.717, 1.165) is 5.56 Å². The number of nitrogens with zero attached hydrogens (tertiary/aromatic N) is 2. The van der Waals surface area contributed by atoms with Crippen LogP contribution in [-0.2, 0) is 0 Å². The van der Waals surface area contributed by atoms with Crippen LogP contribution in [0.15, 0.2) is 36.5 Å². The normalized spacial score (nSPS) is 9.71. The van der Waals surface area contributed by atoms with E-state index in [9.17, 15) is 4.39 Å². The Morgan fingerprint density at radius 1 is 1.24 bits per heavy atom. The largest absolute Gasteiger partial charge is 0.354 e. The first-order chi connectivity index (χ1) is 8.17. The van der Waals surface area contributed by atoms with E-state index in [0.29, 0.717) is 17.1 Å². The molecule has 0 radical (unpaired) electrons. The minimum absolute atomic E-state index is 0.283. The van der Waals surface area contributed by atoms with E-state index in [1.54, 1.807) is 18.3 Å². The van der Waals surface area contributed by atoms with Gasteiger partial charge >= 0.3 is 0 Å². The lowest BCUT2D eigenvalue weighted by molar-refractivity contribution is 0.627. The third-order valence-electron chi connectivity index (χ3n) is 2.21. The molecule has 0 spiro atoms. The van der Waals surface area contributed by atoms with E-state index < -0.39 is 0 Å². The number of rotatable bonds is 2. The van der Waals surface area contributed by atoms with Crippen molar-refractivity contribution in [2.45, 2.75) is 6.92 Å². The van der Waals surface area contributed by atoms with Crippen molar-refractivity contribution in [2.75, 3.05) is 5.32 Å². The van der Waals surface area contributed by atoms with Gasteiger partial charge in [-0.2, -0.15) is 5.26 Å². The van der Waals surface area contributed by atoms with Gasteiger partial charge in [-0.25, -0.2) is 9.37 Å². The number of halogens is 1. The Labute approximate surface area is 98.5 Å². The average Bonchev–Trinajstić information content (AvgIpc) is 2.28. The molecular formula is C13H10FN3. The van der Waals surface area contributed by atoms with Crippen molar-refractivity contribution in [3.05, 3.63) is 53.6 Å². The highest BCUT2D eigenvalue weighted by atomic mass is 19.1. The first-order valence-electron chi connectivity index (χ1n) is 5.08. The third kappa shape index (κ3) is 2.79. The molecule has 0 aliphatic heterocycles. The molecule has 0 saturated carbocycles. The van der Waals surface area contributed by atoms with Crippen molar-refractivity contribution < 1.29 is 4.39 Å². The molecule has 1 aromatic heterocycles. The molecule has 4 heteroatoms. The molecule has 0 unspecified atom stereocenters. The Bertz CT molecular complexity index is 550. The molecule has 0 aliphatic rings. The lowest BCUT2D eigenvalue weighted by Crippen LogP contribution is -1.93. The minimum Gasteiger partial charge on any atom is -0.354 e. The van der Waals surface area contributed by atoms with Crippen molar-refractivity contribution in [2.24, 2.45) is 0 Å². The van der Waals surface area contributed by atoms with Gasteiger partial charge in [-0.05, 0) is 42.8 Å². The second kappa shape index (κ2) is 4.62. The smallest absolute Gasteiger partial charge is 0.140 e. The van der Waals surface area contributed by atoms with Gasteiger partial charge in [-0.15, -0.1) is 0 Å². The van der Waals surface area contributed by atoms with Gasteiger partial charge in [0, 0.05) is 5.69 Å². The molecule has 1 N–H and O–H groups in total. The maximum absolute atomic E-state index is 13.2. The summed E-state index contributed by atoms with van der Waals surface area (Å²) >= 11 is 0. The predicted octanol–water partition coefficient (Wildman–Crippen LogP) is 3.14. The SMILES string of the molecule is Cc1cc(F)cc(Nc2ccc(C#N)nc2)c1. The number of aryl methyl sites for hydroxylation is 1. The lowest BCUT2D eigenvalue weighted by atomic mass is 10.2. The molecule has 0 aliphatic carbocycles. The summed E-state index contributed by atoms with van der Waals surface area (Å²) in [7, 11) is 0. The summed E-state index contributed by atoms with van der Waals surface area (Å²) in [6.07, 6.45) is 1.54. The number of pyridine rings is 1. The molecule has 0 saturated heterocycles. The van der Waals surface area contributed by atoms with Crippen molar-refractivity contribution in [1.29, 1.82) is 5.26 Å². The molecule has 0 atom stereocenters. The molecule has 17 heavy (non-hydrogen) atoms. The molecule has 2 rings (SSSR count). The standard InChI is InChI=1S/C13H10FN3/c1-9-4-10(14)6-13(5-9)17-12-3-2-11(7-15)16-8-12/h2-6,8,17H,1H3. The molecule has 0 amide bonds. The van der Waals surface area contributed by atoms with Crippen LogP contribution >= 0.6 is 0 Å². The van der Waals surface area contributed by atoms with E-state index in [4.69, 9.17) is 5.26 Å². The second-order valence-corrected chi connectivity index (χ2v) is 3.69. The predicted molar refractivity (Wildman–Crippen MR) is 63.4 cm³/mol. The maximum Gasteiger partial charge on any atom is 0.140 e. The Kier molecular flexibility index (Phi) is 3.01. The van der Waals surface area contributed by atoms with Crippen molar-refractivity contribution >= 4 is 11.4 Å². The number of nitrogens with one attached hydrogen (secondary N) is 1. The minimum atomic E-state index is -0.283. The maximum atomic E-state index is 13.2. The number of hydrogen-bond acceptors (Lipinski definition) is 3. The highest BCUT2D eigenvalue weighted by molar-refractivity contribution is 5.59. The average molecular weight is 227 g/mol. The van der Waals surface area contributed by atoms with Crippen LogP contribution in [0.3, 0.4) is 0 Å². The zero-order valence-corrected chi connectivity index (χ0v) is 9.24. The molecule has 0 fully saturated rings. The third-order valence-corrected chi connectivity index (χ3v) is 2.21. The number of hydrogen-bond donors (Lipinski definition) is 1. The number of aromatic nitrogens is 1. The van der Waals surface area contributed by atoms with E-state index in [1.165, 1.54) is 12.1 Å². The van der Waals surface area contributed by atoms with Crippen LogP contribution in [0, 0.1) is 24.1 Å². The van der Waals surface area contributed by atoms with Crippen LogP contribution in [0.4, 0.5) is 15.8 Å². The van der Waals surface area contributed by atoms with Crippen molar-refractivity contribution in [3.63, 3.8) is 0 Å². The Morgan fingerprint density at radius 3 is 2.65 bits per heavy atom. The lowest BCUT2D eigenvalue weighted by Gasteiger charge is -2.07. The number of benzene rings is 1. The quantitative estimate of drug-likeness (QED) is 0.857. The fourth-order valence-corrected chi connectivity index (χ4v) is 1.51. The number of anilines is 2. The summed E-state index contributed by atoms with van der Waals surface area (Å²) in [6, 6.07) is 9.97. The Hall–Kier alpha value is -2.41. The van der Waals surface area contributed by atoms with Crippen LogP contribution < -0.4 is 5.32 Å². The van der Waals surface area contributed by atoms with E-state index in [2.05, 4.69) is 10.3 Å². The molecular weight excluding hydrogens is 217 g/mol. The summed E-state index contributed by atoms with van der Waals surface area (Å²) in [6.45, 7) is 1.82. The van der Waals surface area contributed by atoms with Gasteiger partial charge in [0.25, 0.3) is 0 Å². The summed E-state index contributed by atoms with van der Waals surface area (Å²) in [5.41, 5.74) is 2.57. The van der Waals surface area contributed by atoms with Gasteiger partial charge in [-0.1, -0.05) is 0 Å². The topological polar surface area (TPSA) is 48.7 Å². The highest BCUT2D eigenvalue weighted by Gasteiger charge is 1.99. The molecule has 0 bridgehead atoms. The molecule has 1 heterocycles. The van der Waals surface area contributed by atoms with Crippen molar-refractivity contribution in [1.82, 2.24) is 4.98 Å². The van der Waals surface area contributed by atoms with E-state index >= 15 is 0 Å². The monoisotopic (exact) mass is 227 g/mol. The molecule has 1 aromatic carbocycles. The van der Waals surface area contributed by atoms with Crippen LogP contribution in [0.1, 0.15) is 11.3 Å². The van der Waals surface area contributed by atoms with E-state index in [-0.39, 0.29) is 5.82 Å². The van der Waals surface area contributed by atoms with Crippen LogP contribution in [0.5, 0.6) is 0 Å². The van der Waals surface area contributed by atoms with Crippen LogP contribution in [0.2, 0.25) is 0 Å². The van der Waals surface area contributed by atoms with Crippen molar-refractivity contribution in [3.8, 4) is 6.07 Å². The summed E-state index contributed by atoms with van der Waals surface area (Å²) < 4.78 is 13.2. The zero-order chi connectivity index (χ0) is 12.3. The zero-order valence-electron chi connectivity index (χ0n) is 9.24. The summed E-state index contributed by atoms with van der Waals surface area (Å²) in [5, 5.41) is 11.6. The van der Waals surface area contributed by atoms with Gasteiger partial charge in [0.1, 0.15) is 17.6 Å². The Balaban J connectivity index is 2.22. The molecule has 2 aromatic rings. The van der Waals surface area contributed by atoms with Crippen LogP contribution in [0.25, 0.3) is 0 Å². The van der Waals surface area contributed by atoms with Gasteiger partial charge < -0.3 is 5.32 Å². The number of nitriles is 1. The molecule has 84 valence electrons. The summed E-state index contributed by atoms with van der Waals surface area (Å²) in [5.74, 6) is -0.283. The van der Waals surface area contributed by atoms with Crippen LogP contribution in [-0.4, -0.2) is 4.98 Å². The first-order valence-corrected chi connectivity index (χ1v) is 5.08. The fourth-order valence-electron chi connectivity index (χ4n) is 1.51.